The number of unbranched alkanes of at least 4 members (excludes halogenated alkanes) is 39. The second kappa shape index (κ2) is 49.5. The zero-order valence-electron chi connectivity index (χ0n) is 40.0. The smallest absolute Gasteiger partial charge is 0.305 e. The first kappa shape index (κ1) is 57.9. The van der Waals surface area contributed by atoms with Gasteiger partial charge in [0.05, 0.1) is 25.4 Å². The molecule has 0 fully saturated rings. The van der Waals surface area contributed by atoms with E-state index in [1.807, 2.05) is 0 Å². The lowest BCUT2D eigenvalue weighted by atomic mass is 10.0. The van der Waals surface area contributed by atoms with Gasteiger partial charge >= 0.3 is 5.97 Å². The third kappa shape index (κ3) is 46.2. The summed E-state index contributed by atoms with van der Waals surface area (Å²) in [7, 11) is 0. The van der Waals surface area contributed by atoms with Gasteiger partial charge in [0, 0.05) is 12.8 Å². The Morgan fingerprint density at radius 3 is 1.03 bits per heavy atom. The largest absolute Gasteiger partial charge is 0.466 e. The number of hydrogen-bond acceptors (Lipinski definition) is 5. The highest BCUT2D eigenvalue weighted by Crippen LogP contribution is 2.17. The van der Waals surface area contributed by atoms with E-state index < -0.39 is 12.1 Å². The van der Waals surface area contributed by atoms with Crippen molar-refractivity contribution in [3.63, 3.8) is 0 Å². The molecule has 0 bridgehead atoms. The fourth-order valence-electron chi connectivity index (χ4n) is 8.52. The second-order valence-electron chi connectivity index (χ2n) is 18.6. The summed E-state index contributed by atoms with van der Waals surface area (Å²) in [5, 5.41) is 23.2. The van der Waals surface area contributed by atoms with E-state index in [4.69, 9.17) is 4.74 Å². The van der Waals surface area contributed by atoms with Gasteiger partial charge in [0.25, 0.3) is 0 Å². The Hall–Kier alpha value is -1.14. The molecule has 2 unspecified atom stereocenters. The van der Waals surface area contributed by atoms with E-state index in [-0.39, 0.29) is 18.5 Å². The molecule has 352 valence electrons. The molecule has 0 radical (unpaired) electrons. The maximum atomic E-state index is 12.4. The maximum absolute atomic E-state index is 12.4. The summed E-state index contributed by atoms with van der Waals surface area (Å²) >= 11 is 0. The summed E-state index contributed by atoms with van der Waals surface area (Å²) in [6.45, 7) is 4.95. The van der Waals surface area contributed by atoms with Gasteiger partial charge in [0.1, 0.15) is 0 Å². The van der Waals surface area contributed by atoms with E-state index in [1.54, 1.807) is 0 Å². The fourth-order valence-corrected chi connectivity index (χ4v) is 8.52. The molecular formula is C53H105NO5. The standard InChI is InChI=1S/C53H105NO5/c1-3-5-7-9-11-13-15-25-29-33-37-41-45-51(56)50(49-55)54-52(57)46-42-38-34-30-26-23-21-19-17-18-20-22-24-28-32-36-40-44-48-59-53(58)47-43-39-35-31-27-16-14-12-10-8-6-4-2/h50-51,55-56H,3-49H2,1-2H3,(H,54,57). The van der Waals surface area contributed by atoms with Crippen LogP contribution in [0.1, 0.15) is 303 Å². The molecule has 0 aromatic rings. The zero-order chi connectivity index (χ0) is 43.0. The Labute approximate surface area is 368 Å². The minimum atomic E-state index is -0.664. The Balaban J connectivity index is 3.38. The average molecular weight is 836 g/mol. The SMILES string of the molecule is CCCCCCCCCCCCCCC(=O)OCCCCCCCCCCCCCCCCCCCCC(=O)NC(CO)C(O)CCCCCCCCCCCCCC. The highest BCUT2D eigenvalue weighted by molar-refractivity contribution is 5.76. The Bertz CT molecular complexity index is 837. The van der Waals surface area contributed by atoms with Gasteiger partial charge in [-0.3, -0.25) is 9.59 Å². The summed E-state index contributed by atoms with van der Waals surface area (Å²) < 4.78 is 5.46. The molecule has 1 amide bonds. The van der Waals surface area contributed by atoms with E-state index >= 15 is 0 Å². The van der Waals surface area contributed by atoms with Crippen LogP contribution in [-0.2, 0) is 14.3 Å². The normalized spacial score (nSPS) is 12.5. The molecule has 0 saturated heterocycles. The fraction of sp³-hybridized carbons (Fsp3) is 0.962. The van der Waals surface area contributed by atoms with Gasteiger partial charge in [-0.1, -0.05) is 264 Å². The van der Waals surface area contributed by atoms with Crippen LogP contribution in [0.2, 0.25) is 0 Å². The van der Waals surface area contributed by atoms with Crippen molar-refractivity contribution in [2.45, 2.75) is 315 Å². The van der Waals surface area contributed by atoms with Crippen molar-refractivity contribution in [3.05, 3.63) is 0 Å². The topological polar surface area (TPSA) is 95.9 Å². The van der Waals surface area contributed by atoms with Crippen molar-refractivity contribution < 1.29 is 24.5 Å². The van der Waals surface area contributed by atoms with E-state index in [0.29, 0.717) is 25.9 Å². The zero-order valence-corrected chi connectivity index (χ0v) is 40.0. The lowest BCUT2D eigenvalue weighted by Crippen LogP contribution is -2.45. The van der Waals surface area contributed by atoms with Gasteiger partial charge in [-0.2, -0.15) is 0 Å². The molecule has 0 rings (SSSR count). The first-order valence-corrected chi connectivity index (χ1v) is 26.8. The molecule has 0 aliphatic heterocycles. The number of aliphatic hydroxyl groups excluding tert-OH is 2. The molecule has 59 heavy (non-hydrogen) atoms. The number of esters is 1. The molecule has 0 aromatic heterocycles. The summed E-state index contributed by atoms with van der Waals surface area (Å²) in [6, 6.07) is -0.541. The predicted molar refractivity (Wildman–Crippen MR) is 255 cm³/mol. The molecule has 6 heteroatoms. The van der Waals surface area contributed by atoms with Crippen LogP contribution in [0, 0.1) is 0 Å². The molecule has 3 N–H and O–H groups in total. The molecule has 0 aliphatic carbocycles. The number of carbonyl (C=O) groups excluding carboxylic acids is 2. The van der Waals surface area contributed by atoms with Gasteiger partial charge in [-0.05, 0) is 25.7 Å². The van der Waals surface area contributed by atoms with E-state index in [0.717, 1.165) is 38.5 Å². The van der Waals surface area contributed by atoms with Crippen LogP contribution in [-0.4, -0.2) is 47.4 Å². The van der Waals surface area contributed by atoms with Crippen molar-refractivity contribution in [3.8, 4) is 0 Å². The molecule has 2 atom stereocenters. The molecule has 0 aliphatic rings. The first-order chi connectivity index (χ1) is 29.0. The van der Waals surface area contributed by atoms with Crippen LogP contribution in [0.3, 0.4) is 0 Å². The highest BCUT2D eigenvalue weighted by atomic mass is 16.5. The van der Waals surface area contributed by atoms with Crippen molar-refractivity contribution in [2.24, 2.45) is 0 Å². The minimum absolute atomic E-state index is 0.00847. The van der Waals surface area contributed by atoms with Gasteiger partial charge in [-0.25, -0.2) is 0 Å². The molecular weight excluding hydrogens is 731 g/mol. The lowest BCUT2D eigenvalue weighted by molar-refractivity contribution is -0.143. The number of aliphatic hydroxyl groups is 2. The van der Waals surface area contributed by atoms with Gasteiger partial charge in [0.15, 0.2) is 0 Å². The lowest BCUT2D eigenvalue weighted by Gasteiger charge is -2.22. The van der Waals surface area contributed by atoms with E-state index in [9.17, 15) is 19.8 Å². The van der Waals surface area contributed by atoms with Crippen LogP contribution >= 0.6 is 0 Å². The minimum Gasteiger partial charge on any atom is -0.466 e. The molecule has 0 saturated carbocycles. The number of ether oxygens (including phenoxy) is 1. The number of amides is 1. The summed E-state index contributed by atoms with van der Waals surface area (Å²) in [5.41, 5.74) is 0. The van der Waals surface area contributed by atoms with Gasteiger partial charge < -0.3 is 20.3 Å². The second-order valence-corrected chi connectivity index (χ2v) is 18.6. The first-order valence-electron chi connectivity index (χ1n) is 26.8. The van der Waals surface area contributed by atoms with Crippen LogP contribution in [0.15, 0.2) is 0 Å². The van der Waals surface area contributed by atoms with Crippen LogP contribution in [0.5, 0.6) is 0 Å². The van der Waals surface area contributed by atoms with Crippen molar-refractivity contribution in [1.82, 2.24) is 5.32 Å². The summed E-state index contributed by atoms with van der Waals surface area (Å²) in [4.78, 5) is 24.4. The van der Waals surface area contributed by atoms with E-state index in [2.05, 4.69) is 19.2 Å². The van der Waals surface area contributed by atoms with Crippen LogP contribution in [0.4, 0.5) is 0 Å². The number of rotatable bonds is 50. The third-order valence-electron chi connectivity index (χ3n) is 12.7. The summed E-state index contributed by atoms with van der Waals surface area (Å²) in [6.07, 6.45) is 55.1. The molecule has 0 spiro atoms. The monoisotopic (exact) mass is 836 g/mol. The van der Waals surface area contributed by atoms with E-state index in [1.165, 1.54) is 231 Å². The number of carbonyl (C=O) groups is 2. The predicted octanol–water partition coefficient (Wildman–Crippen LogP) is 16.0. The average Bonchev–Trinajstić information content (AvgIpc) is 3.24. The Morgan fingerprint density at radius 2 is 0.695 bits per heavy atom. The third-order valence-corrected chi connectivity index (χ3v) is 12.7. The molecule has 0 aromatic carbocycles. The highest BCUT2D eigenvalue weighted by Gasteiger charge is 2.20. The van der Waals surface area contributed by atoms with Gasteiger partial charge in [0.2, 0.25) is 5.91 Å². The Morgan fingerprint density at radius 1 is 0.407 bits per heavy atom. The van der Waals surface area contributed by atoms with Crippen molar-refractivity contribution in [1.29, 1.82) is 0 Å². The van der Waals surface area contributed by atoms with Crippen LogP contribution < -0.4 is 5.32 Å². The Kier molecular flexibility index (Phi) is 48.6. The number of hydrogen-bond donors (Lipinski definition) is 3. The van der Waals surface area contributed by atoms with Crippen LogP contribution in [0.25, 0.3) is 0 Å². The molecule has 0 heterocycles. The molecule has 6 nitrogen and oxygen atoms in total. The van der Waals surface area contributed by atoms with Crippen molar-refractivity contribution in [2.75, 3.05) is 13.2 Å². The number of nitrogens with one attached hydrogen (secondary N) is 1. The summed E-state index contributed by atoms with van der Waals surface area (Å²) in [5.74, 6) is -0.0296. The maximum Gasteiger partial charge on any atom is 0.305 e. The quantitative estimate of drug-likeness (QED) is 0.0419. The van der Waals surface area contributed by atoms with Gasteiger partial charge in [-0.15, -0.1) is 0 Å². The van der Waals surface area contributed by atoms with Crippen molar-refractivity contribution >= 4 is 11.9 Å².